The molecule has 6 aromatic rings. The van der Waals surface area contributed by atoms with E-state index in [0.29, 0.717) is 11.5 Å². The molecule has 7 rings (SSSR count). The van der Waals surface area contributed by atoms with Crippen LogP contribution in [0.25, 0.3) is 16.8 Å². The Hall–Kier alpha value is -4.67. The van der Waals surface area contributed by atoms with Crippen LogP contribution in [-0.2, 0) is 21.1 Å². The Morgan fingerprint density at radius 2 is 1.40 bits per heavy atom. The molecule has 1 aliphatic heterocycles. The van der Waals surface area contributed by atoms with Crippen LogP contribution in [-0.4, -0.2) is 14.8 Å². The molecular weight excluding hydrogens is 714 g/mol. The van der Waals surface area contributed by atoms with E-state index < -0.39 is 0 Å². The summed E-state index contributed by atoms with van der Waals surface area (Å²) < 4.78 is 8.07. The van der Waals surface area contributed by atoms with E-state index in [4.69, 9.17) is 4.74 Å². The Labute approximate surface area is 266 Å². The maximum Gasteiger partial charge on any atom is 0.0571 e. The van der Waals surface area contributed by atoms with Crippen molar-refractivity contribution < 1.29 is 25.8 Å². The molecule has 3 heterocycles. The van der Waals surface area contributed by atoms with Crippen molar-refractivity contribution in [3.63, 3.8) is 0 Å². The predicted molar refractivity (Wildman–Crippen MR) is 167 cm³/mol. The minimum Gasteiger partial charge on any atom is -0.509 e. The maximum atomic E-state index is 6.26. The third-order valence-electron chi connectivity index (χ3n) is 7.33. The first-order valence-electron chi connectivity index (χ1n) is 13.8. The molecule has 0 unspecified atom stereocenters. The summed E-state index contributed by atoms with van der Waals surface area (Å²) in [4.78, 5) is 8.76. The molecule has 0 bridgehead atoms. The van der Waals surface area contributed by atoms with Gasteiger partial charge in [-0.25, -0.2) is 0 Å². The number of rotatable bonds is 6. The molecule has 1 aliphatic rings. The standard InChI is InChI=1S/C36H28N5O.Pt/c1-25-17-26(2)36(27(3)18-25)40-24-39(34-15-16-37-22-35(34)40)30-11-7-13-32(19-30)42-33-14-8-12-31(20-33)41-23-29(21-38-41)28-9-5-4-6-10-28;/h4-18,21-24H,1-3H3;/q-3;. The Balaban J connectivity index is 0.00000329. The van der Waals surface area contributed by atoms with Gasteiger partial charge in [0.25, 0.3) is 0 Å². The monoisotopic (exact) mass is 741 g/mol. The van der Waals surface area contributed by atoms with E-state index in [0.717, 1.165) is 39.6 Å². The molecule has 7 heteroatoms. The van der Waals surface area contributed by atoms with Gasteiger partial charge in [-0.15, -0.1) is 48.8 Å². The summed E-state index contributed by atoms with van der Waals surface area (Å²) in [6.45, 7) is 8.53. The van der Waals surface area contributed by atoms with Crippen LogP contribution in [0, 0.1) is 39.6 Å². The number of nitrogens with zero attached hydrogens (tertiary/aromatic N) is 5. The number of hydrogen-bond donors (Lipinski definition) is 0. The summed E-state index contributed by atoms with van der Waals surface area (Å²) in [5, 5.41) is 4.55. The number of anilines is 4. The summed E-state index contributed by atoms with van der Waals surface area (Å²) in [6.07, 6.45) is 7.58. The van der Waals surface area contributed by atoms with Crippen molar-refractivity contribution in [2.24, 2.45) is 0 Å². The van der Waals surface area contributed by atoms with Crippen molar-refractivity contribution in [2.75, 3.05) is 9.80 Å². The van der Waals surface area contributed by atoms with Gasteiger partial charge in [-0.05, 0) is 49.2 Å². The Morgan fingerprint density at radius 1 is 0.698 bits per heavy atom. The minimum absolute atomic E-state index is 0. The normalized spacial score (nSPS) is 12.2. The van der Waals surface area contributed by atoms with Crippen LogP contribution in [0.15, 0.2) is 110 Å². The molecular formula is C36H28N5OPt-3. The molecule has 0 fully saturated rings. The molecule has 0 aliphatic carbocycles. The molecule has 43 heavy (non-hydrogen) atoms. The van der Waals surface area contributed by atoms with Crippen molar-refractivity contribution in [3.05, 3.63) is 145 Å². The molecule has 4 aromatic carbocycles. The zero-order valence-electron chi connectivity index (χ0n) is 23.9. The molecule has 0 amide bonds. The second-order valence-corrected chi connectivity index (χ2v) is 10.4. The molecule has 0 spiro atoms. The maximum absolute atomic E-state index is 6.26. The second kappa shape index (κ2) is 11.9. The van der Waals surface area contributed by atoms with Crippen molar-refractivity contribution in [1.82, 2.24) is 14.8 Å². The van der Waals surface area contributed by atoms with Gasteiger partial charge in [-0.2, -0.15) is 17.2 Å². The summed E-state index contributed by atoms with van der Waals surface area (Å²) in [5.74, 6) is 1.18. The number of pyridine rings is 1. The fourth-order valence-electron chi connectivity index (χ4n) is 5.55. The van der Waals surface area contributed by atoms with Crippen LogP contribution in [0.2, 0.25) is 0 Å². The van der Waals surface area contributed by atoms with Gasteiger partial charge in [0.15, 0.2) is 0 Å². The fraction of sp³-hybridized carbons (Fsp3) is 0.0833. The van der Waals surface area contributed by atoms with Crippen molar-refractivity contribution in [1.29, 1.82) is 0 Å². The summed E-state index contributed by atoms with van der Waals surface area (Å²) in [5.41, 5.74) is 10.7. The molecule has 216 valence electrons. The van der Waals surface area contributed by atoms with Crippen molar-refractivity contribution in [3.8, 4) is 28.3 Å². The molecule has 0 atom stereocenters. The topological polar surface area (TPSA) is 46.4 Å². The average molecular weight is 742 g/mol. The van der Waals surface area contributed by atoms with Crippen molar-refractivity contribution in [2.45, 2.75) is 20.8 Å². The predicted octanol–water partition coefficient (Wildman–Crippen LogP) is 8.66. The largest absolute Gasteiger partial charge is 0.509 e. The second-order valence-electron chi connectivity index (χ2n) is 10.4. The van der Waals surface area contributed by atoms with Gasteiger partial charge >= 0.3 is 0 Å². The summed E-state index contributed by atoms with van der Waals surface area (Å²) in [7, 11) is 0. The fourth-order valence-corrected chi connectivity index (χ4v) is 5.55. The van der Waals surface area contributed by atoms with Gasteiger partial charge in [0.1, 0.15) is 0 Å². The van der Waals surface area contributed by atoms with E-state index in [2.05, 4.69) is 83.7 Å². The first kappa shape index (κ1) is 28.4. The average Bonchev–Trinajstić information content (AvgIpc) is 3.64. The third kappa shape index (κ3) is 5.59. The Morgan fingerprint density at radius 3 is 2.14 bits per heavy atom. The van der Waals surface area contributed by atoms with E-state index in [-0.39, 0.29) is 21.1 Å². The molecule has 0 N–H and O–H groups in total. The summed E-state index contributed by atoms with van der Waals surface area (Å²) >= 11 is 0. The number of aryl methyl sites for hydroxylation is 3. The van der Waals surface area contributed by atoms with E-state index in [1.54, 1.807) is 0 Å². The Kier molecular flexibility index (Phi) is 7.88. The van der Waals surface area contributed by atoms with Crippen LogP contribution >= 0.6 is 0 Å². The number of hydrogen-bond acceptors (Lipinski definition) is 5. The number of benzene rings is 4. The molecule has 2 aromatic heterocycles. The third-order valence-corrected chi connectivity index (χ3v) is 7.33. The molecule has 0 saturated carbocycles. The van der Waals surface area contributed by atoms with Crippen LogP contribution in [0.4, 0.5) is 22.7 Å². The minimum atomic E-state index is 0. The van der Waals surface area contributed by atoms with E-state index >= 15 is 0 Å². The van der Waals surface area contributed by atoms with Crippen LogP contribution in [0.5, 0.6) is 11.5 Å². The van der Waals surface area contributed by atoms with Gasteiger partial charge in [0, 0.05) is 61.9 Å². The number of ether oxygens (including phenoxy) is 1. The Bertz CT molecular complexity index is 1880. The van der Waals surface area contributed by atoms with Gasteiger partial charge in [0.05, 0.1) is 18.1 Å². The first-order chi connectivity index (χ1) is 20.5. The van der Waals surface area contributed by atoms with Crippen LogP contribution in [0.1, 0.15) is 16.7 Å². The number of fused-ring (bicyclic) bond motifs is 1. The van der Waals surface area contributed by atoms with Gasteiger partial charge in [-0.3, -0.25) is 9.67 Å². The van der Waals surface area contributed by atoms with Crippen LogP contribution in [0.3, 0.4) is 0 Å². The SMILES string of the molecule is Cc1cc(C)c(N2[CH-]N(c3[c-]c(Oc4[c-]c(-n5cc(-c6ccccc6)cn5)ccc4)ccc3)c3ccncc32)c(C)c1.[Pt]. The van der Waals surface area contributed by atoms with Gasteiger partial charge in [-0.1, -0.05) is 48.0 Å². The van der Waals surface area contributed by atoms with Crippen molar-refractivity contribution >= 4 is 22.7 Å². The smallest absolute Gasteiger partial charge is 0.0571 e. The first-order valence-corrected chi connectivity index (χ1v) is 13.8. The van der Waals surface area contributed by atoms with E-state index in [1.807, 2.05) is 90.1 Å². The van der Waals surface area contributed by atoms with Gasteiger partial charge < -0.3 is 14.5 Å². The quantitative estimate of drug-likeness (QED) is 0.160. The van der Waals surface area contributed by atoms with Crippen LogP contribution < -0.4 is 14.5 Å². The zero-order valence-corrected chi connectivity index (χ0v) is 26.2. The van der Waals surface area contributed by atoms with Gasteiger partial charge in [0.2, 0.25) is 0 Å². The molecule has 6 nitrogen and oxygen atoms in total. The molecule has 0 saturated heterocycles. The zero-order chi connectivity index (χ0) is 28.6. The molecule has 0 radical (unpaired) electrons. The van der Waals surface area contributed by atoms with E-state index in [9.17, 15) is 0 Å². The summed E-state index contributed by atoms with van der Waals surface area (Å²) in [6, 6.07) is 35.1. The number of aromatic nitrogens is 3. The van der Waals surface area contributed by atoms with E-state index in [1.165, 1.54) is 16.7 Å².